The lowest BCUT2D eigenvalue weighted by atomic mass is 9.89. The van der Waals surface area contributed by atoms with Gasteiger partial charge >= 0.3 is 0 Å². The molecule has 0 aromatic heterocycles. The molecule has 2 saturated heterocycles. The smallest absolute Gasteiger partial charge is 0.220 e. The molecule has 3 rings (SSSR count). The van der Waals surface area contributed by atoms with Crippen LogP contribution in [0.4, 0.5) is 0 Å². The highest BCUT2D eigenvalue weighted by molar-refractivity contribution is 6.31. The van der Waals surface area contributed by atoms with Crippen LogP contribution in [-0.4, -0.2) is 18.0 Å². The molecule has 3 nitrogen and oxygen atoms in total. The summed E-state index contributed by atoms with van der Waals surface area (Å²) < 4.78 is 0. The van der Waals surface area contributed by atoms with Crippen LogP contribution in [0.2, 0.25) is 5.02 Å². The summed E-state index contributed by atoms with van der Waals surface area (Å²) in [6, 6.07) is 9.06. The standard InChI is InChI=1S/C19H27ClN2O.ClH/c1-12(2)19(16-5-3-4-6-17(16)20)22-18(23)11-13-9-14-7-8-15(10-13)21-14;/h3-6,12-15,19,21H,7-11H2,1-2H3,(H,22,23);1H. The zero-order valence-corrected chi connectivity index (χ0v) is 16.0. The third-order valence-electron chi connectivity index (χ3n) is 5.27. The van der Waals surface area contributed by atoms with E-state index in [2.05, 4.69) is 24.5 Å². The average Bonchev–Trinajstić information content (AvgIpc) is 2.84. The van der Waals surface area contributed by atoms with Crippen molar-refractivity contribution in [2.45, 2.75) is 64.1 Å². The van der Waals surface area contributed by atoms with E-state index >= 15 is 0 Å². The van der Waals surface area contributed by atoms with Crippen LogP contribution in [0.5, 0.6) is 0 Å². The summed E-state index contributed by atoms with van der Waals surface area (Å²) in [5, 5.41) is 7.59. The van der Waals surface area contributed by atoms with Crippen LogP contribution >= 0.6 is 24.0 Å². The van der Waals surface area contributed by atoms with Gasteiger partial charge in [0.1, 0.15) is 0 Å². The van der Waals surface area contributed by atoms with E-state index in [9.17, 15) is 4.79 Å². The highest BCUT2D eigenvalue weighted by Crippen LogP contribution is 2.33. The highest BCUT2D eigenvalue weighted by atomic mass is 35.5. The molecule has 2 N–H and O–H groups in total. The SMILES string of the molecule is CC(C)C(NC(=O)CC1CC2CCC(C1)N2)c1ccccc1Cl.Cl. The lowest BCUT2D eigenvalue weighted by molar-refractivity contribution is -0.123. The number of amides is 1. The van der Waals surface area contributed by atoms with Gasteiger partial charge < -0.3 is 10.6 Å². The van der Waals surface area contributed by atoms with Crippen LogP contribution in [-0.2, 0) is 4.79 Å². The molecule has 5 heteroatoms. The number of benzene rings is 1. The molecule has 3 atom stereocenters. The maximum Gasteiger partial charge on any atom is 0.220 e. The van der Waals surface area contributed by atoms with Crippen molar-refractivity contribution in [3.05, 3.63) is 34.9 Å². The van der Waals surface area contributed by atoms with Crippen LogP contribution in [0.1, 0.15) is 57.6 Å². The van der Waals surface area contributed by atoms with E-state index in [1.54, 1.807) is 0 Å². The molecule has 0 spiro atoms. The normalized spacial score (nSPS) is 26.8. The Balaban J connectivity index is 0.00000208. The predicted octanol–water partition coefficient (Wildman–Crippen LogP) is 4.50. The number of hydrogen-bond acceptors (Lipinski definition) is 2. The Morgan fingerprint density at radius 1 is 1.25 bits per heavy atom. The van der Waals surface area contributed by atoms with Crippen LogP contribution < -0.4 is 10.6 Å². The molecule has 2 bridgehead atoms. The topological polar surface area (TPSA) is 41.1 Å². The van der Waals surface area contributed by atoms with Crippen molar-refractivity contribution in [2.75, 3.05) is 0 Å². The zero-order chi connectivity index (χ0) is 16.4. The number of fused-ring (bicyclic) bond motifs is 2. The Morgan fingerprint density at radius 3 is 2.46 bits per heavy atom. The molecule has 1 amide bonds. The maximum absolute atomic E-state index is 12.6. The second-order valence-corrected chi connectivity index (χ2v) is 7.90. The number of hydrogen-bond donors (Lipinski definition) is 2. The van der Waals surface area contributed by atoms with Gasteiger partial charge in [-0.2, -0.15) is 0 Å². The Morgan fingerprint density at radius 2 is 1.88 bits per heavy atom. The third-order valence-corrected chi connectivity index (χ3v) is 5.61. The van der Waals surface area contributed by atoms with Crippen molar-refractivity contribution in [3.63, 3.8) is 0 Å². The fourth-order valence-corrected chi connectivity index (χ4v) is 4.42. The summed E-state index contributed by atoms with van der Waals surface area (Å²) in [6.45, 7) is 4.25. The molecule has 0 aliphatic carbocycles. The Bertz CT molecular complexity index is 552. The van der Waals surface area contributed by atoms with Gasteiger partial charge in [0, 0.05) is 23.5 Å². The number of piperidine rings is 1. The second kappa shape index (κ2) is 8.55. The number of carbonyl (C=O) groups excluding carboxylic acids is 1. The first-order chi connectivity index (χ1) is 11.0. The van der Waals surface area contributed by atoms with Gasteiger partial charge in [0.25, 0.3) is 0 Å². The fraction of sp³-hybridized carbons (Fsp3) is 0.632. The molecule has 2 aliphatic heterocycles. The molecule has 2 fully saturated rings. The molecule has 2 aliphatic rings. The number of rotatable bonds is 5. The van der Waals surface area contributed by atoms with Crippen LogP contribution in [0.15, 0.2) is 24.3 Å². The Kier molecular flexibility index (Phi) is 6.97. The minimum Gasteiger partial charge on any atom is -0.349 e. The van der Waals surface area contributed by atoms with Crippen molar-refractivity contribution in [1.82, 2.24) is 10.6 Å². The second-order valence-electron chi connectivity index (χ2n) is 7.49. The lowest BCUT2D eigenvalue weighted by Gasteiger charge is -2.30. The highest BCUT2D eigenvalue weighted by Gasteiger charge is 2.34. The number of nitrogens with one attached hydrogen (secondary N) is 2. The van der Waals surface area contributed by atoms with E-state index in [0.717, 1.165) is 23.4 Å². The summed E-state index contributed by atoms with van der Waals surface area (Å²) in [5.41, 5.74) is 1.02. The molecule has 3 unspecified atom stereocenters. The predicted molar refractivity (Wildman–Crippen MR) is 102 cm³/mol. The van der Waals surface area contributed by atoms with Gasteiger partial charge in [-0.05, 0) is 49.1 Å². The molecule has 0 saturated carbocycles. The Hall–Kier alpha value is -0.770. The van der Waals surface area contributed by atoms with E-state index < -0.39 is 0 Å². The molecule has 1 aromatic rings. The first kappa shape index (κ1) is 19.6. The van der Waals surface area contributed by atoms with E-state index in [1.165, 1.54) is 12.8 Å². The molecular formula is C19H28Cl2N2O. The zero-order valence-electron chi connectivity index (χ0n) is 14.4. The van der Waals surface area contributed by atoms with E-state index in [-0.39, 0.29) is 24.4 Å². The average molecular weight is 371 g/mol. The monoisotopic (exact) mass is 370 g/mol. The molecular weight excluding hydrogens is 343 g/mol. The largest absolute Gasteiger partial charge is 0.349 e. The minimum atomic E-state index is -0.0189. The maximum atomic E-state index is 12.6. The quantitative estimate of drug-likeness (QED) is 0.800. The number of carbonyl (C=O) groups is 1. The van der Waals surface area contributed by atoms with Crippen LogP contribution in [0.25, 0.3) is 0 Å². The van der Waals surface area contributed by atoms with E-state index in [1.807, 2.05) is 24.3 Å². The van der Waals surface area contributed by atoms with E-state index in [0.29, 0.717) is 30.3 Å². The van der Waals surface area contributed by atoms with Crippen molar-refractivity contribution in [3.8, 4) is 0 Å². The van der Waals surface area contributed by atoms with Gasteiger partial charge in [-0.25, -0.2) is 0 Å². The van der Waals surface area contributed by atoms with Gasteiger partial charge in [-0.15, -0.1) is 12.4 Å². The lowest BCUT2D eigenvalue weighted by Crippen LogP contribution is -2.40. The Labute approximate surface area is 156 Å². The third kappa shape index (κ3) is 4.65. The molecule has 24 heavy (non-hydrogen) atoms. The summed E-state index contributed by atoms with van der Waals surface area (Å²) >= 11 is 6.33. The molecule has 2 heterocycles. The van der Waals surface area contributed by atoms with Crippen LogP contribution in [0, 0.1) is 11.8 Å². The molecule has 0 radical (unpaired) electrons. The van der Waals surface area contributed by atoms with Gasteiger partial charge in [0.05, 0.1) is 6.04 Å². The summed E-state index contributed by atoms with van der Waals surface area (Å²) in [5.74, 6) is 0.991. The summed E-state index contributed by atoms with van der Waals surface area (Å²) in [7, 11) is 0. The van der Waals surface area contributed by atoms with Gasteiger partial charge in [-0.3, -0.25) is 4.79 Å². The van der Waals surface area contributed by atoms with Crippen molar-refractivity contribution < 1.29 is 4.79 Å². The first-order valence-corrected chi connectivity index (χ1v) is 9.20. The van der Waals surface area contributed by atoms with Crippen molar-refractivity contribution in [1.29, 1.82) is 0 Å². The van der Waals surface area contributed by atoms with Crippen LogP contribution in [0.3, 0.4) is 0 Å². The summed E-state index contributed by atoms with van der Waals surface area (Å²) in [4.78, 5) is 12.6. The van der Waals surface area contributed by atoms with Crippen molar-refractivity contribution in [2.24, 2.45) is 11.8 Å². The van der Waals surface area contributed by atoms with Gasteiger partial charge in [-0.1, -0.05) is 43.6 Å². The minimum absolute atomic E-state index is 0. The van der Waals surface area contributed by atoms with Crippen molar-refractivity contribution >= 4 is 29.9 Å². The van der Waals surface area contributed by atoms with Gasteiger partial charge in [0.15, 0.2) is 0 Å². The molecule has 1 aromatic carbocycles. The fourth-order valence-electron chi connectivity index (χ4n) is 4.17. The van der Waals surface area contributed by atoms with E-state index in [4.69, 9.17) is 11.6 Å². The molecule has 134 valence electrons. The summed E-state index contributed by atoms with van der Waals surface area (Å²) in [6.07, 6.45) is 5.47. The number of halogens is 2. The van der Waals surface area contributed by atoms with Gasteiger partial charge in [0.2, 0.25) is 5.91 Å². The first-order valence-electron chi connectivity index (χ1n) is 8.82.